The van der Waals surface area contributed by atoms with Gasteiger partial charge in [-0.1, -0.05) is 35.9 Å². The zero-order valence-electron chi connectivity index (χ0n) is 14.6. The Balaban J connectivity index is 1.88. The Morgan fingerprint density at radius 1 is 1.04 bits per heavy atom. The van der Waals surface area contributed by atoms with E-state index in [0.29, 0.717) is 11.2 Å². The van der Waals surface area contributed by atoms with Crippen LogP contribution in [0.1, 0.15) is 48.4 Å². The summed E-state index contributed by atoms with van der Waals surface area (Å²) in [5, 5.41) is 4.16. The molecule has 2 aromatic carbocycles. The van der Waals surface area contributed by atoms with E-state index in [1.807, 2.05) is 25.1 Å². The van der Waals surface area contributed by atoms with Crippen molar-refractivity contribution in [3.63, 3.8) is 0 Å². The molecule has 3 aromatic rings. The molecule has 0 unspecified atom stereocenters. The maximum absolute atomic E-state index is 12.2. The minimum atomic E-state index is -0.0939. The Hall–Kier alpha value is -2.46. The van der Waals surface area contributed by atoms with Gasteiger partial charge in [0, 0.05) is 6.04 Å². The van der Waals surface area contributed by atoms with Crippen LogP contribution in [-0.4, -0.2) is 9.97 Å². The molecule has 0 saturated carbocycles. The smallest absolute Gasteiger partial charge is 0.258 e. The summed E-state index contributed by atoms with van der Waals surface area (Å²) in [6.45, 7) is 8.38. The molecule has 124 valence electrons. The minimum Gasteiger partial charge on any atom is -0.309 e. The van der Waals surface area contributed by atoms with Crippen LogP contribution in [0.3, 0.4) is 0 Å². The molecule has 0 bridgehead atoms. The summed E-state index contributed by atoms with van der Waals surface area (Å²) in [7, 11) is 0. The number of para-hydroxylation sites is 1. The van der Waals surface area contributed by atoms with Gasteiger partial charge >= 0.3 is 0 Å². The highest BCUT2D eigenvalue weighted by Crippen LogP contribution is 2.22. The summed E-state index contributed by atoms with van der Waals surface area (Å²) < 4.78 is 0. The van der Waals surface area contributed by atoms with E-state index in [1.165, 1.54) is 16.7 Å². The van der Waals surface area contributed by atoms with Gasteiger partial charge in [0.05, 0.1) is 16.9 Å². The number of hydrogen-bond donors (Lipinski definition) is 2. The van der Waals surface area contributed by atoms with Crippen LogP contribution in [0.2, 0.25) is 0 Å². The standard InChI is InChI=1S/C20H23N3O/c1-12-9-10-13(2)17(11-12)14(3)21-15(4)19-22-18-8-6-5-7-16(18)20(24)23-19/h5-11,14-15,21H,1-4H3,(H,22,23,24)/t14-,15-/m1/s1. The number of hydrogen-bond acceptors (Lipinski definition) is 3. The van der Waals surface area contributed by atoms with Crippen LogP contribution >= 0.6 is 0 Å². The molecule has 1 aromatic heterocycles. The molecule has 0 spiro atoms. The van der Waals surface area contributed by atoms with Crippen LogP contribution in [0, 0.1) is 13.8 Å². The second-order valence-electron chi connectivity index (χ2n) is 6.44. The zero-order valence-corrected chi connectivity index (χ0v) is 14.6. The molecular weight excluding hydrogens is 298 g/mol. The fourth-order valence-electron chi connectivity index (χ4n) is 3.08. The van der Waals surface area contributed by atoms with Crippen molar-refractivity contribution in [1.29, 1.82) is 0 Å². The van der Waals surface area contributed by atoms with Gasteiger partial charge in [-0.2, -0.15) is 0 Å². The van der Waals surface area contributed by atoms with Gasteiger partial charge in [-0.3, -0.25) is 4.79 Å². The Morgan fingerprint density at radius 3 is 2.58 bits per heavy atom. The number of nitrogens with zero attached hydrogens (tertiary/aromatic N) is 1. The molecule has 0 aliphatic heterocycles. The zero-order chi connectivity index (χ0) is 17.3. The van der Waals surface area contributed by atoms with Gasteiger partial charge < -0.3 is 10.3 Å². The van der Waals surface area contributed by atoms with E-state index < -0.39 is 0 Å². The SMILES string of the molecule is Cc1ccc(C)c([C@@H](C)N[C@H](C)c2nc3ccccc3c(=O)[nH]2)c1. The number of aromatic nitrogens is 2. The molecule has 4 nitrogen and oxygen atoms in total. The van der Waals surface area contributed by atoms with Crippen LogP contribution in [0.15, 0.2) is 47.3 Å². The Kier molecular flexibility index (Phi) is 4.49. The van der Waals surface area contributed by atoms with E-state index in [-0.39, 0.29) is 17.6 Å². The Labute approximate surface area is 142 Å². The topological polar surface area (TPSA) is 57.8 Å². The molecule has 4 heteroatoms. The molecule has 0 fully saturated rings. The first-order valence-corrected chi connectivity index (χ1v) is 8.28. The van der Waals surface area contributed by atoms with Crippen molar-refractivity contribution in [2.24, 2.45) is 0 Å². The molecule has 3 rings (SSSR count). The van der Waals surface area contributed by atoms with E-state index in [1.54, 1.807) is 6.07 Å². The number of aromatic amines is 1. The van der Waals surface area contributed by atoms with Crippen LogP contribution < -0.4 is 10.9 Å². The molecule has 0 radical (unpaired) electrons. The predicted molar refractivity (Wildman–Crippen MR) is 98.2 cm³/mol. The van der Waals surface area contributed by atoms with Gasteiger partial charge in [0.2, 0.25) is 0 Å². The first kappa shape index (κ1) is 16.4. The molecule has 0 saturated heterocycles. The lowest BCUT2D eigenvalue weighted by atomic mass is 9.99. The fraction of sp³-hybridized carbons (Fsp3) is 0.300. The van der Waals surface area contributed by atoms with Gasteiger partial charge in [0.1, 0.15) is 5.82 Å². The van der Waals surface area contributed by atoms with Gasteiger partial charge in [0.15, 0.2) is 0 Å². The lowest BCUT2D eigenvalue weighted by molar-refractivity contribution is 0.475. The highest BCUT2D eigenvalue weighted by atomic mass is 16.1. The highest BCUT2D eigenvalue weighted by Gasteiger charge is 2.15. The summed E-state index contributed by atoms with van der Waals surface area (Å²) in [5.41, 5.74) is 4.40. The van der Waals surface area contributed by atoms with E-state index in [9.17, 15) is 4.79 Å². The third-order valence-electron chi connectivity index (χ3n) is 4.44. The van der Waals surface area contributed by atoms with Crippen molar-refractivity contribution in [3.8, 4) is 0 Å². The van der Waals surface area contributed by atoms with Crippen molar-refractivity contribution in [2.45, 2.75) is 39.8 Å². The average Bonchev–Trinajstić information content (AvgIpc) is 2.57. The Morgan fingerprint density at radius 2 is 1.79 bits per heavy atom. The molecule has 0 aliphatic rings. The molecule has 1 heterocycles. The molecule has 2 atom stereocenters. The molecule has 0 aliphatic carbocycles. The average molecular weight is 321 g/mol. The summed E-state index contributed by atoms with van der Waals surface area (Å²) in [4.78, 5) is 19.7. The maximum Gasteiger partial charge on any atom is 0.258 e. The number of H-pyrrole nitrogens is 1. The molecule has 0 amide bonds. The fourth-order valence-corrected chi connectivity index (χ4v) is 3.08. The first-order chi connectivity index (χ1) is 11.5. The van der Waals surface area contributed by atoms with Gasteiger partial charge in [-0.25, -0.2) is 4.98 Å². The lowest BCUT2D eigenvalue weighted by Crippen LogP contribution is -2.26. The van der Waals surface area contributed by atoms with Gasteiger partial charge in [-0.15, -0.1) is 0 Å². The van der Waals surface area contributed by atoms with E-state index in [4.69, 9.17) is 0 Å². The van der Waals surface area contributed by atoms with E-state index in [2.05, 4.69) is 54.3 Å². The van der Waals surface area contributed by atoms with E-state index >= 15 is 0 Å². The monoisotopic (exact) mass is 321 g/mol. The van der Waals surface area contributed by atoms with Crippen molar-refractivity contribution in [2.75, 3.05) is 0 Å². The van der Waals surface area contributed by atoms with Crippen LogP contribution in [0.4, 0.5) is 0 Å². The maximum atomic E-state index is 12.2. The number of nitrogens with one attached hydrogen (secondary N) is 2. The number of benzene rings is 2. The van der Waals surface area contributed by atoms with Crippen molar-refractivity contribution >= 4 is 10.9 Å². The molecule has 24 heavy (non-hydrogen) atoms. The molecule has 2 N–H and O–H groups in total. The quantitative estimate of drug-likeness (QED) is 0.765. The number of aryl methyl sites for hydroxylation is 2. The first-order valence-electron chi connectivity index (χ1n) is 8.28. The molecular formula is C20H23N3O. The third kappa shape index (κ3) is 3.24. The minimum absolute atomic E-state index is 0.0581. The number of rotatable bonds is 4. The van der Waals surface area contributed by atoms with Crippen molar-refractivity contribution < 1.29 is 0 Å². The van der Waals surface area contributed by atoms with Crippen molar-refractivity contribution in [1.82, 2.24) is 15.3 Å². The lowest BCUT2D eigenvalue weighted by Gasteiger charge is -2.22. The second kappa shape index (κ2) is 6.57. The van der Waals surface area contributed by atoms with Crippen molar-refractivity contribution in [3.05, 3.63) is 75.3 Å². The van der Waals surface area contributed by atoms with Gasteiger partial charge in [0.25, 0.3) is 5.56 Å². The second-order valence-corrected chi connectivity index (χ2v) is 6.44. The summed E-state index contributed by atoms with van der Waals surface area (Å²) in [6.07, 6.45) is 0. The third-order valence-corrected chi connectivity index (χ3v) is 4.44. The summed E-state index contributed by atoms with van der Waals surface area (Å²) in [5.74, 6) is 0.663. The van der Waals surface area contributed by atoms with Crippen LogP contribution in [0.5, 0.6) is 0 Å². The van der Waals surface area contributed by atoms with Crippen LogP contribution in [0.25, 0.3) is 10.9 Å². The Bertz CT molecular complexity index is 930. The largest absolute Gasteiger partial charge is 0.309 e. The number of fused-ring (bicyclic) bond motifs is 1. The van der Waals surface area contributed by atoms with Gasteiger partial charge in [-0.05, 0) is 51.0 Å². The van der Waals surface area contributed by atoms with Crippen LogP contribution in [-0.2, 0) is 0 Å². The normalized spacial score (nSPS) is 13.8. The summed E-state index contributed by atoms with van der Waals surface area (Å²) >= 11 is 0. The highest BCUT2D eigenvalue weighted by molar-refractivity contribution is 5.77. The predicted octanol–water partition coefficient (Wildman–Crippen LogP) is 3.95. The summed E-state index contributed by atoms with van der Waals surface area (Å²) in [6, 6.07) is 14.0. The van der Waals surface area contributed by atoms with E-state index in [0.717, 1.165) is 5.52 Å².